The molecule has 0 bridgehead atoms. The molecule has 21 heteroatoms. The fourth-order valence-electron chi connectivity index (χ4n) is 2.50. The molecule has 2 heterocycles. The topological polar surface area (TPSA) is 283 Å². The lowest BCUT2D eigenvalue weighted by atomic mass is 9.94. The first-order valence-electron chi connectivity index (χ1n) is 7.98. The smallest absolute Gasteiger partial charge is 0.386 e. The van der Waals surface area contributed by atoms with Gasteiger partial charge in [0, 0.05) is 0 Å². The van der Waals surface area contributed by atoms with E-state index in [4.69, 9.17) is 25.2 Å². The molecule has 1 aliphatic heterocycles. The van der Waals surface area contributed by atoms with Gasteiger partial charge >= 0.3 is 29.2 Å². The molecule has 1 aromatic rings. The maximum Gasteiger partial charge on any atom is 0.490 e. The van der Waals surface area contributed by atoms with Crippen LogP contribution in [0.5, 0.6) is 0 Å². The van der Waals surface area contributed by atoms with Crippen LogP contribution in [0.15, 0.2) is 11.1 Å². The SMILES string of the molecule is CC#C[C@@]1(O)C(O)[C@@H](COP(=O)(O)OP(=O)(O)OP(=O)(O)O)O[C@H]1n1cnc(N)nc1=O. The number of nitrogens with two attached hydrogens (primary N) is 1. The van der Waals surface area contributed by atoms with E-state index < -0.39 is 65.7 Å². The van der Waals surface area contributed by atoms with E-state index in [0.717, 1.165) is 6.33 Å². The largest absolute Gasteiger partial charge is 0.490 e. The number of hydrogen-bond donors (Lipinski definition) is 7. The number of aliphatic hydroxyl groups excluding tert-OH is 1. The molecule has 6 atom stereocenters. The van der Waals surface area contributed by atoms with Crippen LogP contribution in [0.1, 0.15) is 13.2 Å². The second-order valence-corrected chi connectivity index (χ2v) is 10.4. The molecule has 8 N–H and O–H groups in total. The summed E-state index contributed by atoms with van der Waals surface area (Å²) < 4.78 is 51.2. The lowest BCUT2D eigenvalue weighted by Gasteiger charge is -2.26. The molecule has 0 amide bonds. The number of hydrogen-bond acceptors (Lipinski definition) is 13. The van der Waals surface area contributed by atoms with Crippen LogP contribution in [-0.4, -0.2) is 68.7 Å². The molecule has 1 fully saturated rings. The van der Waals surface area contributed by atoms with Gasteiger partial charge in [-0.15, -0.1) is 5.92 Å². The maximum absolute atomic E-state index is 12.1. The van der Waals surface area contributed by atoms with E-state index in [1.165, 1.54) is 6.92 Å². The molecule has 2 rings (SSSR count). The fourth-order valence-corrected chi connectivity index (χ4v) is 5.53. The molecule has 0 aliphatic carbocycles. The predicted octanol–water partition coefficient (Wildman–Crippen LogP) is -2.42. The third kappa shape index (κ3) is 6.50. The Bertz CT molecular complexity index is 1120. The highest BCUT2D eigenvalue weighted by Gasteiger charge is 2.57. The molecule has 18 nitrogen and oxygen atoms in total. The highest BCUT2D eigenvalue weighted by Crippen LogP contribution is 2.66. The fraction of sp³-hybridized carbons (Fsp3) is 0.545. The van der Waals surface area contributed by atoms with Crippen molar-refractivity contribution in [2.45, 2.75) is 31.0 Å². The van der Waals surface area contributed by atoms with Gasteiger partial charge in [0.1, 0.15) is 18.5 Å². The van der Waals surface area contributed by atoms with Gasteiger partial charge in [-0.1, -0.05) is 5.92 Å². The highest BCUT2D eigenvalue weighted by atomic mass is 31.3. The molecular weight excluding hydrogens is 505 g/mol. The summed E-state index contributed by atoms with van der Waals surface area (Å²) in [6, 6.07) is 0. The van der Waals surface area contributed by atoms with Crippen molar-refractivity contribution in [1.29, 1.82) is 0 Å². The second-order valence-electron chi connectivity index (χ2n) is 5.96. The molecule has 0 spiro atoms. The Labute approximate surface area is 178 Å². The zero-order valence-electron chi connectivity index (χ0n) is 15.7. The predicted molar refractivity (Wildman–Crippen MR) is 98.8 cm³/mol. The van der Waals surface area contributed by atoms with E-state index in [1.54, 1.807) is 0 Å². The van der Waals surface area contributed by atoms with Gasteiger partial charge in [0.05, 0.1) is 6.61 Å². The van der Waals surface area contributed by atoms with Gasteiger partial charge in [0.25, 0.3) is 0 Å². The van der Waals surface area contributed by atoms with E-state index in [0.29, 0.717) is 4.57 Å². The number of phosphoric ester groups is 1. The molecule has 1 aromatic heterocycles. The van der Waals surface area contributed by atoms with Crippen LogP contribution in [0.2, 0.25) is 0 Å². The Hall–Kier alpha value is -1.54. The van der Waals surface area contributed by atoms with Crippen molar-refractivity contribution in [1.82, 2.24) is 14.5 Å². The van der Waals surface area contributed by atoms with Crippen LogP contribution >= 0.6 is 23.5 Å². The monoisotopic (exact) mass is 522 g/mol. The number of nitrogen functional groups attached to an aromatic ring is 1. The lowest BCUT2D eigenvalue weighted by molar-refractivity contribution is -0.0766. The quantitative estimate of drug-likeness (QED) is 0.138. The van der Waals surface area contributed by atoms with Crippen molar-refractivity contribution < 1.29 is 61.4 Å². The van der Waals surface area contributed by atoms with Crippen molar-refractivity contribution in [3.63, 3.8) is 0 Å². The number of rotatable bonds is 8. The first-order chi connectivity index (χ1) is 14.5. The zero-order chi connectivity index (χ0) is 24.5. The molecule has 180 valence electrons. The second kappa shape index (κ2) is 9.37. The highest BCUT2D eigenvalue weighted by molar-refractivity contribution is 7.66. The van der Waals surface area contributed by atoms with Crippen LogP contribution in [0, 0.1) is 11.8 Å². The van der Waals surface area contributed by atoms with E-state index in [-0.39, 0.29) is 0 Å². The Balaban J connectivity index is 2.23. The van der Waals surface area contributed by atoms with Crippen molar-refractivity contribution in [2.24, 2.45) is 0 Å². The number of aromatic nitrogens is 3. The van der Waals surface area contributed by atoms with Gasteiger partial charge in [-0.05, 0) is 6.92 Å². The van der Waals surface area contributed by atoms with Crippen molar-refractivity contribution in [3.05, 3.63) is 16.8 Å². The summed E-state index contributed by atoms with van der Waals surface area (Å²) in [5.41, 5.74) is 1.74. The van der Waals surface area contributed by atoms with E-state index in [9.17, 15) is 33.6 Å². The summed E-state index contributed by atoms with van der Waals surface area (Å²) in [6.45, 7) is 0.170. The Morgan fingerprint density at radius 3 is 2.41 bits per heavy atom. The summed E-state index contributed by atoms with van der Waals surface area (Å²) >= 11 is 0. The minimum Gasteiger partial charge on any atom is -0.386 e. The van der Waals surface area contributed by atoms with E-state index in [2.05, 4.69) is 35.0 Å². The van der Waals surface area contributed by atoms with Crippen molar-refractivity contribution >= 4 is 29.4 Å². The van der Waals surface area contributed by atoms with Crippen molar-refractivity contribution in [3.8, 4) is 11.8 Å². The first-order valence-corrected chi connectivity index (χ1v) is 12.5. The summed E-state index contributed by atoms with van der Waals surface area (Å²) in [4.78, 5) is 54.6. The van der Waals surface area contributed by atoms with E-state index in [1.807, 2.05) is 0 Å². The van der Waals surface area contributed by atoms with Gasteiger partial charge in [-0.3, -0.25) is 9.09 Å². The number of nitrogens with zero attached hydrogens (tertiary/aromatic N) is 3. The summed E-state index contributed by atoms with van der Waals surface area (Å²) in [5, 5.41) is 21.2. The minimum atomic E-state index is -5.77. The van der Waals surface area contributed by atoms with Crippen LogP contribution in [0.4, 0.5) is 5.95 Å². The Morgan fingerprint density at radius 1 is 1.25 bits per heavy atom. The minimum absolute atomic E-state index is 0.404. The van der Waals surface area contributed by atoms with Gasteiger partial charge in [0.15, 0.2) is 11.8 Å². The van der Waals surface area contributed by atoms with Gasteiger partial charge < -0.3 is 40.3 Å². The Morgan fingerprint density at radius 2 is 1.88 bits per heavy atom. The molecule has 0 aromatic carbocycles. The molecule has 3 unspecified atom stereocenters. The normalized spacial score (nSPS) is 29.5. The maximum atomic E-state index is 12.1. The lowest BCUT2D eigenvalue weighted by Crippen LogP contribution is -2.48. The number of phosphoric acid groups is 3. The standard InChI is InChI=1S/C11H17N4O14P3/c1-2-3-11(18)7(16)6(27-8(11)15-5-13-9(12)14-10(15)17)4-26-31(22,23)29-32(24,25)28-30(19,20)21/h5-8,16,18H,4H2,1H3,(H,22,23)(H,24,25)(H2,12,14,17)(H2,19,20,21)/t6-,7?,8-,11-/m1/s1. The van der Waals surface area contributed by atoms with Crippen LogP contribution < -0.4 is 11.4 Å². The molecule has 1 saturated heterocycles. The Kier molecular flexibility index (Phi) is 7.82. The third-order valence-electron chi connectivity index (χ3n) is 3.62. The van der Waals surface area contributed by atoms with E-state index >= 15 is 0 Å². The summed E-state index contributed by atoms with van der Waals surface area (Å²) in [6.07, 6.45) is -4.61. The average molecular weight is 522 g/mol. The van der Waals surface area contributed by atoms with Gasteiger partial charge in [0.2, 0.25) is 5.95 Å². The zero-order valence-corrected chi connectivity index (χ0v) is 18.4. The van der Waals surface area contributed by atoms with Crippen LogP contribution in [0.25, 0.3) is 0 Å². The van der Waals surface area contributed by atoms with Crippen LogP contribution in [-0.2, 0) is 31.6 Å². The van der Waals surface area contributed by atoms with Crippen molar-refractivity contribution in [2.75, 3.05) is 12.3 Å². The number of ether oxygens (including phenoxy) is 1. The molecule has 0 saturated carbocycles. The molecule has 1 aliphatic rings. The number of aliphatic hydroxyl groups is 2. The summed E-state index contributed by atoms with van der Waals surface area (Å²) in [5.74, 6) is 4.13. The molecule has 32 heavy (non-hydrogen) atoms. The first kappa shape index (κ1) is 26.7. The van der Waals surface area contributed by atoms with Gasteiger partial charge in [-0.2, -0.15) is 13.6 Å². The van der Waals surface area contributed by atoms with Gasteiger partial charge in [-0.25, -0.2) is 23.5 Å². The molecular formula is C11H17N4O14P3. The third-order valence-corrected chi connectivity index (χ3v) is 7.43. The number of anilines is 1. The van der Waals surface area contributed by atoms with Crippen LogP contribution in [0.3, 0.4) is 0 Å². The average Bonchev–Trinajstić information content (AvgIpc) is 2.82. The molecule has 0 radical (unpaired) electrons. The summed E-state index contributed by atoms with van der Waals surface area (Å²) in [7, 11) is -16.9.